The number of alkyl carbamates (subject to hydrolysis) is 1. The predicted molar refractivity (Wildman–Crippen MR) is 126 cm³/mol. The summed E-state index contributed by atoms with van der Waals surface area (Å²) in [5.41, 5.74) is 4.18. The molecule has 178 valence electrons. The van der Waals surface area contributed by atoms with Crippen molar-refractivity contribution < 1.29 is 17.9 Å². The third-order valence-corrected chi connectivity index (χ3v) is 6.77. The maximum absolute atomic E-state index is 12.9. The van der Waals surface area contributed by atoms with Gasteiger partial charge in [-0.25, -0.2) is 17.9 Å². The summed E-state index contributed by atoms with van der Waals surface area (Å²) in [4.78, 5) is 12.1. The first kappa shape index (κ1) is 24.7. The molecule has 0 saturated carbocycles. The van der Waals surface area contributed by atoms with Crippen LogP contribution in [0.2, 0.25) is 0 Å². The van der Waals surface area contributed by atoms with Gasteiger partial charge in [-0.15, -0.1) is 0 Å². The molecule has 1 amide bonds. The van der Waals surface area contributed by atoms with Crippen LogP contribution in [0.4, 0.5) is 4.79 Å². The first-order chi connectivity index (χ1) is 15.4. The molecule has 0 spiro atoms. The van der Waals surface area contributed by atoms with Gasteiger partial charge in [0.05, 0.1) is 23.0 Å². The van der Waals surface area contributed by atoms with Gasteiger partial charge in [0.25, 0.3) is 0 Å². The SMILES string of the molecule is CC(C)(C)OC(=O)NCc1cccc(-c2ccc(S(=O)(=O)NC(C)(C)C3CN=NN3)cc2)c1. The number of rotatable bonds is 7. The van der Waals surface area contributed by atoms with Crippen molar-refractivity contribution in [2.24, 2.45) is 10.3 Å². The van der Waals surface area contributed by atoms with Crippen molar-refractivity contribution in [2.75, 3.05) is 6.54 Å². The molecule has 3 N–H and O–H groups in total. The van der Waals surface area contributed by atoms with Crippen LogP contribution in [0.3, 0.4) is 0 Å². The summed E-state index contributed by atoms with van der Waals surface area (Å²) in [6.07, 6.45) is -0.479. The zero-order chi connectivity index (χ0) is 24.3. The molecule has 33 heavy (non-hydrogen) atoms. The van der Waals surface area contributed by atoms with Crippen LogP contribution in [-0.2, 0) is 21.3 Å². The van der Waals surface area contributed by atoms with E-state index in [1.165, 1.54) is 0 Å². The van der Waals surface area contributed by atoms with E-state index in [-0.39, 0.29) is 10.9 Å². The summed E-state index contributed by atoms with van der Waals surface area (Å²) in [6, 6.07) is 14.1. The lowest BCUT2D eigenvalue weighted by atomic mass is 9.97. The molecule has 2 aromatic carbocycles. The zero-order valence-corrected chi connectivity index (χ0v) is 20.4. The molecule has 2 aromatic rings. The summed E-state index contributed by atoms with van der Waals surface area (Å²) in [7, 11) is -3.73. The zero-order valence-electron chi connectivity index (χ0n) is 19.5. The maximum Gasteiger partial charge on any atom is 0.407 e. The minimum Gasteiger partial charge on any atom is -0.444 e. The number of sulfonamides is 1. The molecule has 1 atom stereocenters. The Morgan fingerprint density at radius 1 is 1.09 bits per heavy atom. The molecule has 1 heterocycles. The van der Waals surface area contributed by atoms with Crippen molar-refractivity contribution in [3.63, 3.8) is 0 Å². The van der Waals surface area contributed by atoms with Crippen LogP contribution in [0.15, 0.2) is 63.8 Å². The van der Waals surface area contributed by atoms with Crippen molar-refractivity contribution in [3.8, 4) is 11.1 Å². The summed E-state index contributed by atoms with van der Waals surface area (Å²) < 4.78 is 33.8. The van der Waals surface area contributed by atoms with Crippen LogP contribution in [-0.4, -0.2) is 38.2 Å². The Morgan fingerprint density at radius 3 is 2.39 bits per heavy atom. The van der Waals surface area contributed by atoms with Gasteiger partial charge in [-0.05, 0) is 69.5 Å². The minimum absolute atomic E-state index is 0.175. The van der Waals surface area contributed by atoms with Gasteiger partial charge >= 0.3 is 6.09 Å². The van der Waals surface area contributed by atoms with E-state index in [1.54, 1.807) is 38.1 Å². The summed E-state index contributed by atoms with van der Waals surface area (Å²) in [5.74, 6) is 0. The fourth-order valence-corrected chi connectivity index (χ4v) is 4.76. The molecule has 0 aromatic heterocycles. The number of hydrogen-bond acceptors (Lipinski definition) is 7. The highest BCUT2D eigenvalue weighted by Crippen LogP contribution is 2.24. The highest BCUT2D eigenvalue weighted by atomic mass is 32.2. The van der Waals surface area contributed by atoms with Crippen LogP contribution in [0.25, 0.3) is 11.1 Å². The van der Waals surface area contributed by atoms with Gasteiger partial charge in [0.1, 0.15) is 5.60 Å². The van der Waals surface area contributed by atoms with Crippen LogP contribution in [0.1, 0.15) is 40.2 Å². The number of ether oxygens (including phenoxy) is 1. The number of benzene rings is 2. The number of nitrogens with one attached hydrogen (secondary N) is 3. The normalized spacial score (nSPS) is 16.3. The Kier molecular flexibility index (Phi) is 7.08. The Balaban J connectivity index is 1.68. The first-order valence-corrected chi connectivity index (χ1v) is 12.2. The summed E-state index contributed by atoms with van der Waals surface area (Å²) in [6.45, 7) is 9.75. The first-order valence-electron chi connectivity index (χ1n) is 10.7. The highest BCUT2D eigenvalue weighted by molar-refractivity contribution is 7.89. The molecule has 0 radical (unpaired) electrons. The number of hydrogen-bond donors (Lipinski definition) is 3. The second-order valence-corrected chi connectivity index (χ2v) is 11.2. The Bertz CT molecular complexity index is 1110. The molecule has 9 nitrogen and oxygen atoms in total. The molecule has 1 aliphatic heterocycles. The Labute approximate surface area is 195 Å². The van der Waals surface area contributed by atoms with Crippen molar-refractivity contribution in [1.82, 2.24) is 15.5 Å². The molecule has 0 aliphatic carbocycles. The quantitative estimate of drug-likeness (QED) is 0.565. The van der Waals surface area contributed by atoms with E-state index in [1.807, 2.05) is 45.0 Å². The molecule has 0 bridgehead atoms. The molecular formula is C23H31N5O4S. The van der Waals surface area contributed by atoms with Gasteiger partial charge < -0.3 is 10.1 Å². The van der Waals surface area contributed by atoms with Gasteiger partial charge in [-0.1, -0.05) is 35.6 Å². The van der Waals surface area contributed by atoms with E-state index in [2.05, 4.69) is 25.8 Å². The molecule has 1 aliphatic rings. The largest absolute Gasteiger partial charge is 0.444 e. The number of carbonyl (C=O) groups excluding carboxylic acids is 1. The fourth-order valence-electron chi connectivity index (χ4n) is 3.32. The third-order valence-electron chi connectivity index (χ3n) is 5.08. The standard InChI is InChI=1S/C23H31N5O4S/c1-22(2,3)32-21(29)24-14-16-7-6-8-18(13-16)17-9-11-19(12-10-17)33(30,31)27-23(4,5)20-15-25-28-26-20/h6-13,20,27H,14-15H2,1-5H3,(H,24,29)(H,25,26). The fraction of sp³-hybridized carbons (Fsp3) is 0.435. The average molecular weight is 474 g/mol. The van der Waals surface area contributed by atoms with Crippen LogP contribution in [0, 0.1) is 0 Å². The molecule has 3 rings (SSSR count). The second kappa shape index (κ2) is 9.48. The lowest BCUT2D eigenvalue weighted by Crippen LogP contribution is -2.56. The van der Waals surface area contributed by atoms with Crippen molar-refractivity contribution in [2.45, 2.75) is 63.2 Å². The Morgan fingerprint density at radius 2 is 1.79 bits per heavy atom. The average Bonchev–Trinajstić information content (AvgIpc) is 3.27. The van der Waals surface area contributed by atoms with E-state index in [0.29, 0.717) is 13.1 Å². The predicted octanol–water partition coefficient (Wildman–Crippen LogP) is 3.77. The van der Waals surface area contributed by atoms with Gasteiger partial charge in [0.2, 0.25) is 10.0 Å². The smallest absolute Gasteiger partial charge is 0.407 e. The third kappa shape index (κ3) is 6.75. The maximum atomic E-state index is 12.9. The van der Waals surface area contributed by atoms with Gasteiger partial charge in [-0.3, -0.25) is 5.43 Å². The highest BCUT2D eigenvalue weighted by Gasteiger charge is 2.36. The minimum atomic E-state index is -3.73. The Hall–Kier alpha value is -2.98. The van der Waals surface area contributed by atoms with Crippen molar-refractivity contribution in [3.05, 3.63) is 54.1 Å². The lowest BCUT2D eigenvalue weighted by molar-refractivity contribution is 0.0523. The number of amides is 1. The van der Waals surface area contributed by atoms with Gasteiger partial charge in [-0.2, -0.15) is 5.11 Å². The van der Waals surface area contributed by atoms with E-state index in [9.17, 15) is 13.2 Å². The van der Waals surface area contributed by atoms with Gasteiger partial charge in [0.15, 0.2) is 0 Å². The second-order valence-electron chi connectivity index (χ2n) is 9.51. The van der Waals surface area contributed by atoms with Crippen LogP contribution in [0.5, 0.6) is 0 Å². The van der Waals surface area contributed by atoms with Crippen LogP contribution >= 0.6 is 0 Å². The van der Waals surface area contributed by atoms with E-state index < -0.39 is 27.3 Å². The molecular weight excluding hydrogens is 442 g/mol. The summed E-state index contributed by atoms with van der Waals surface area (Å²) in [5, 5.41) is 10.3. The monoisotopic (exact) mass is 473 g/mol. The molecule has 0 fully saturated rings. The summed E-state index contributed by atoms with van der Waals surface area (Å²) >= 11 is 0. The number of nitrogens with zero attached hydrogens (tertiary/aromatic N) is 2. The van der Waals surface area contributed by atoms with E-state index in [4.69, 9.17) is 4.74 Å². The van der Waals surface area contributed by atoms with Crippen LogP contribution < -0.4 is 15.5 Å². The van der Waals surface area contributed by atoms with E-state index in [0.717, 1.165) is 16.7 Å². The molecule has 0 saturated heterocycles. The van der Waals surface area contributed by atoms with Crippen molar-refractivity contribution >= 4 is 16.1 Å². The topological polar surface area (TPSA) is 121 Å². The number of carbonyl (C=O) groups is 1. The molecule has 1 unspecified atom stereocenters. The molecule has 10 heteroatoms. The van der Waals surface area contributed by atoms with Crippen molar-refractivity contribution in [1.29, 1.82) is 0 Å². The van der Waals surface area contributed by atoms with Gasteiger partial charge in [0, 0.05) is 6.54 Å². The lowest BCUT2D eigenvalue weighted by Gasteiger charge is -2.30. The van der Waals surface area contributed by atoms with E-state index >= 15 is 0 Å².